The summed E-state index contributed by atoms with van der Waals surface area (Å²) < 4.78 is 26.6. The molecule has 3 rings (SSSR count). The van der Waals surface area contributed by atoms with Crippen LogP contribution >= 0.6 is 23.4 Å². The van der Waals surface area contributed by atoms with E-state index in [2.05, 4.69) is 20.7 Å². The lowest BCUT2D eigenvalue weighted by Gasteiger charge is -2.12. The number of amides is 1. The molecule has 0 bridgehead atoms. The van der Waals surface area contributed by atoms with E-state index < -0.39 is 5.82 Å². The highest BCUT2D eigenvalue weighted by Gasteiger charge is 2.11. The normalized spacial score (nSPS) is 11.0. The topological polar surface area (TPSA) is 90.6 Å². The van der Waals surface area contributed by atoms with Crippen LogP contribution < -0.4 is 14.9 Å². The highest BCUT2D eigenvalue weighted by molar-refractivity contribution is 7.99. The van der Waals surface area contributed by atoms with Gasteiger partial charge in [-0.05, 0) is 35.9 Å². The molecule has 0 fully saturated rings. The Kier molecular flexibility index (Phi) is 7.85. The minimum Gasteiger partial charge on any atom is -0.493 e. The van der Waals surface area contributed by atoms with Gasteiger partial charge >= 0.3 is 0 Å². The summed E-state index contributed by atoms with van der Waals surface area (Å²) in [6.07, 6.45) is 3.04. The van der Waals surface area contributed by atoms with Crippen LogP contribution in [0.25, 0.3) is 0 Å². The first-order valence-electron chi connectivity index (χ1n) is 9.00. The van der Waals surface area contributed by atoms with Crippen LogP contribution in [0.4, 0.5) is 4.39 Å². The number of carbonyl (C=O) groups excluding carboxylic acids is 1. The van der Waals surface area contributed by atoms with Crippen molar-refractivity contribution in [2.24, 2.45) is 12.1 Å². The minimum atomic E-state index is -0.441. The molecule has 2 aromatic carbocycles. The summed E-state index contributed by atoms with van der Waals surface area (Å²) in [5.74, 6) is 0.281. The van der Waals surface area contributed by atoms with Crippen LogP contribution in [0.3, 0.4) is 0 Å². The molecule has 0 saturated heterocycles. The zero-order valence-electron chi connectivity index (χ0n) is 16.7. The number of halogens is 2. The molecule has 0 aliphatic carbocycles. The van der Waals surface area contributed by atoms with Gasteiger partial charge in [0.2, 0.25) is 0 Å². The molecule has 162 valence electrons. The number of hydrazone groups is 1. The summed E-state index contributed by atoms with van der Waals surface area (Å²) in [6, 6.07) is 9.53. The van der Waals surface area contributed by atoms with Crippen molar-refractivity contribution < 1.29 is 18.7 Å². The third-order valence-corrected chi connectivity index (χ3v) is 5.41. The average Bonchev–Trinajstić information content (AvgIpc) is 3.17. The monoisotopic (exact) mass is 463 g/mol. The summed E-state index contributed by atoms with van der Waals surface area (Å²) in [4.78, 5) is 11.9. The highest BCUT2D eigenvalue weighted by Crippen LogP contribution is 2.29. The highest BCUT2D eigenvalue weighted by atomic mass is 35.5. The number of carbonyl (C=O) groups is 1. The van der Waals surface area contributed by atoms with Crippen LogP contribution in [0.5, 0.6) is 11.5 Å². The van der Waals surface area contributed by atoms with Crippen molar-refractivity contribution in [2.45, 2.75) is 11.8 Å². The van der Waals surface area contributed by atoms with Crippen molar-refractivity contribution in [1.29, 1.82) is 0 Å². The molecular formula is C20H19ClFN5O3S. The van der Waals surface area contributed by atoms with Crippen LogP contribution in [0, 0.1) is 5.82 Å². The van der Waals surface area contributed by atoms with Crippen molar-refractivity contribution in [1.82, 2.24) is 20.2 Å². The molecule has 0 spiro atoms. The Morgan fingerprint density at radius 1 is 1.35 bits per heavy atom. The zero-order chi connectivity index (χ0) is 22.2. The fourth-order valence-electron chi connectivity index (χ4n) is 2.45. The van der Waals surface area contributed by atoms with Gasteiger partial charge in [0, 0.05) is 12.6 Å². The maximum Gasteiger partial charge on any atom is 0.250 e. The molecule has 1 amide bonds. The first-order chi connectivity index (χ1) is 15.0. The van der Waals surface area contributed by atoms with Gasteiger partial charge in [0.15, 0.2) is 16.7 Å². The first-order valence-corrected chi connectivity index (χ1v) is 10.4. The number of thioether (sulfide) groups is 1. The average molecular weight is 464 g/mol. The largest absolute Gasteiger partial charge is 0.493 e. The Morgan fingerprint density at radius 2 is 2.19 bits per heavy atom. The van der Waals surface area contributed by atoms with Gasteiger partial charge in [0.05, 0.1) is 24.1 Å². The van der Waals surface area contributed by atoms with Crippen molar-refractivity contribution in [3.63, 3.8) is 0 Å². The number of nitrogens with zero attached hydrogens (tertiary/aromatic N) is 4. The molecule has 31 heavy (non-hydrogen) atoms. The molecule has 0 radical (unpaired) electrons. The molecular weight excluding hydrogens is 445 g/mol. The minimum absolute atomic E-state index is 0.0471. The smallest absolute Gasteiger partial charge is 0.250 e. The number of rotatable bonds is 9. The summed E-state index contributed by atoms with van der Waals surface area (Å²) in [5, 5.41) is 12.5. The van der Waals surface area contributed by atoms with Crippen molar-refractivity contribution in [2.75, 3.05) is 12.9 Å². The van der Waals surface area contributed by atoms with E-state index >= 15 is 0 Å². The number of ether oxygens (including phenoxy) is 2. The quantitative estimate of drug-likeness (QED) is 0.297. The summed E-state index contributed by atoms with van der Waals surface area (Å²) >= 11 is 7.28. The fourth-order valence-corrected chi connectivity index (χ4v) is 3.35. The second-order valence-electron chi connectivity index (χ2n) is 6.21. The van der Waals surface area contributed by atoms with Crippen molar-refractivity contribution in [3.05, 3.63) is 64.7 Å². The Bertz CT molecular complexity index is 1070. The number of nitrogens with one attached hydrogen (secondary N) is 1. The molecule has 0 aliphatic rings. The Labute approximate surface area is 187 Å². The summed E-state index contributed by atoms with van der Waals surface area (Å²) in [7, 11) is 3.29. The molecule has 3 aromatic rings. The SMILES string of the molecule is COc1cc(C=NNC(=O)CSc2nncn2C)ccc1OCc1c(F)cccc1Cl. The van der Waals surface area contributed by atoms with E-state index in [9.17, 15) is 9.18 Å². The van der Waals surface area contributed by atoms with Gasteiger partial charge in [-0.3, -0.25) is 4.79 Å². The molecule has 0 saturated carbocycles. The number of methoxy groups -OCH3 is 1. The number of aryl methyl sites for hydroxylation is 1. The van der Waals surface area contributed by atoms with Crippen LogP contribution in [-0.4, -0.2) is 39.7 Å². The number of aromatic nitrogens is 3. The number of hydrogen-bond acceptors (Lipinski definition) is 7. The Morgan fingerprint density at radius 3 is 2.90 bits per heavy atom. The van der Waals surface area contributed by atoms with Gasteiger partial charge in [-0.15, -0.1) is 10.2 Å². The number of benzene rings is 2. The van der Waals surface area contributed by atoms with Crippen LogP contribution in [0.1, 0.15) is 11.1 Å². The van der Waals surface area contributed by atoms with E-state index in [1.54, 1.807) is 42.2 Å². The first kappa shape index (κ1) is 22.6. The molecule has 0 atom stereocenters. The summed E-state index contributed by atoms with van der Waals surface area (Å²) in [6.45, 7) is -0.0471. The second-order valence-corrected chi connectivity index (χ2v) is 7.56. The van der Waals surface area contributed by atoms with E-state index in [1.165, 1.54) is 37.2 Å². The van der Waals surface area contributed by atoms with E-state index in [0.717, 1.165) is 0 Å². The lowest BCUT2D eigenvalue weighted by Crippen LogP contribution is -2.19. The van der Waals surface area contributed by atoms with Gasteiger partial charge in [0.25, 0.3) is 5.91 Å². The van der Waals surface area contributed by atoms with Gasteiger partial charge < -0.3 is 14.0 Å². The van der Waals surface area contributed by atoms with Crippen LogP contribution in [0.2, 0.25) is 5.02 Å². The number of hydrogen-bond donors (Lipinski definition) is 1. The maximum absolute atomic E-state index is 13.9. The molecule has 1 N–H and O–H groups in total. The summed E-state index contributed by atoms with van der Waals surface area (Å²) in [5.41, 5.74) is 3.39. The fraction of sp³-hybridized carbons (Fsp3) is 0.200. The Balaban J connectivity index is 1.56. The standard InChI is InChI=1S/C20H19ClFN5O3S/c1-27-12-24-26-20(27)31-11-19(28)25-23-9-13-6-7-17(18(8-13)29-2)30-10-14-15(21)4-3-5-16(14)22/h3-9,12H,10-11H2,1-2H3,(H,25,28). The third kappa shape index (κ3) is 6.19. The van der Waals surface area contributed by atoms with Crippen LogP contribution in [-0.2, 0) is 18.4 Å². The molecule has 1 heterocycles. The van der Waals surface area contributed by atoms with E-state index in [0.29, 0.717) is 22.2 Å². The zero-order valence-corrected chi connectivity index (χ0v) is 18.3. The van der Waals surface area contributed by atoms with Gasteiger partial charge in [0.1, 0.15) is 18.8 Å². The van der Waals surface area contributed by atoms with E-state index in [4.69, 9.17) is 21.1 Å². The predicted octanol–water partition coefficient (Wildman–Crippen LogP) is 3.44. The second kappa shape index (κ2) is 10.8. The Hall–Kier alpha value is -3.11. The molecule has 0 unspecified atom stereocenters. The molecule has 0 aliphatic heterocycles. The van der Waals surface area contributed by atoms with Gasteiger partial charge in [-0.25, -0.2) is 9.82 Å². The molecule has 8 nitrogen and oxygen atoms in total. The molecule has 1 aromatic heterocycles. The molecule has 11 heteroatoms. The van der Waals surface area contributed by atoms with Crippen molar-refractivity contribution in [3.8, 4) is 11.5 Å². The van der Waals surface area contributed by atoms with E-state index in [-0.39, 0.29) is 28.9 Å². The lowest BCUT2D eigenvalue weighted by atomic mass is 10.2. The lowest BCUT2D eigenvalue weighted by molar-refractivity contribution is -0.118. The third-order valence-electron chi connectivity index (χ3n) is 4.03. The maximum atomic E-state index is 13.9. The predicted molar refractivity (Wildman–Crippen MR) is 116 cm³/mol. The van der Waals surface area contributed by atoms with E-state index in [1.807, 2.05) is 0 Å². The van der Waals surface area contributed by atoms with Crippen LogP contribution in [0.15, 0.2) is 53.0 Å². The van der Waals surface area contributed by atoms with Gasteiger partial charge in [-0.1, -0.05) is 29.4 Å². The van der Waals surface area contributed by atoms with Gasteiger partial charge in [-0.2, -0.15) is 5.10 Å². The van der Waals surface area contributed by atoms with Crippen molar-refractivity contribution >= 4 is 35.5 Å².